The summed E-state index contributed by atoms with van der Waals surface area (Å²) in [6.45, 7) is 0. The average Bonchev–Trinajstić information content (AvgIpc) is 2.63. The molecule has 0 atom stereocenters. The van der Waals surface area contributed by atoms with Crippen molar-refractivity contribution >= 4 is 23.2 Å². The fraction of sp³-hybridized carbons (Fsp3) is 0.0714. The number of halogens is 1. The van der Waals surface area contributed by atoms with Gasteiger partial charge < -0.3 is 0 Å². The minimum Gasteiger partial charge on any atom is -0.293 e. The zero-order valence-electron chi connectivity index (χ0n) is 9.26. The van der Waals surface area contributed by atoms with Gasteiger partial charge >= 0.3 is 0 Å². The molecule has 1 heterocycles. The molecule has 0 aliphatic heterocycles. The van der Waals surface area contributed by atoms with Gasteiger partial charge in [0.2, 0.25) is 0 Å². The number of ketones is 2. The van der Waals surface area contributed by atoms with E-state index in [1.165, 1.54) is 0 Å². The van der Waals surface area contributed by atoms with Crippen molar-refractivity contribution in [3.05, 3.63) is 64.4 Å². The summed E-state index contributed by atoms with van der Waals surface area (Å²) in [5, 5.41) is 0.282. The van der Waals surface area contributed by atoms with E-state index < -0.39 is 5.92 Å². The molecule has 0 saturated heterocycles. The van der Waals surface area contributed by atoms with Crippen LogP contribution in [0.25, 0.3) is 0 Å². The van der Waals surface area contributed by atoms with Crippen LogP contribution in [0.3, 0.4) is 0 Å². The summed E-state index contributed by atoms with van der Waals surface area (Å²) < 4.78 is 0. The Kier molecular flexibility index (Phi) is 2.49. The first-order valence-electron chi connectivity index (χ1n) is 5.48. The summed E-state index contributed by atoms with van der Waals surface area (Å²) in [4.78, 5) is 28.5. The fourth-order valence-electron chi connectivity index (χ4n) is 2.20. The van der Waals surface area contributed by atoms with Gasteiger partial charge in [0, 0.05) is 11.1 Å². The molecule has 0 N–H and O–H groups in total. The number of benzene rings is 1. The fourth-order valence-corrected chi connectivity index (χ4v) is 2.37. The zero-order chi connectivity index (χ0) is 12.7. The van der Waals surface area contributed by atoms with Crippen molar-refractivity contribution in [2.75, 3.05) is 0 Å². The Balaban J connectivity index is 2.12. The minimum absolute atomic E-state index is 0.203. The van der Waals surface area contributed by atoms with Gasteiger partial charge in [-0.05, 0) is 12.1 Å². The molecule has 0 spiro atoms. The molecule has 4 heteroatoms. The van der Waals surface area contributed by atoms with Crippen LogP contribution in [-0.4, -0.2) is 16.6 Å². The van der Waals surface area contributed by atoms with E-state index in [0.29, 0.717) is 16.8 Å². The van der Waals surface area contributed by atoms with Crippen molar-refractivity contribution in [3.8, 4) is 0 Å². The van der Waals surface area contributed by atoms with Gasteiger partial charge in [-0.15, -0.1) is 0 Å². The number of hydrogen-bond acceptors (Lipinski definition) is 3. The molecule has 3 nitrogen and oxygen atoms in total. The Morgan fingerprint density at radius 2 is 1.50 bits per heavy atom. The first-order valence-corrected chi connectivity index (χ1v) is 5.86. The van der Waals surface area contributed by atoms with Gasteiger partial charge in [0.25, 0.3) is 0 Å². The van der Waals surface area contributed by atoms with E-state index in [-0.39, 0.29) is 16.7 Å². The van der Waals surface area contributed by atoms with Crippen LogP contribution in [0.2, 0.25) is 5.15 Å². The summed E-state index contributed by atoms with van der Waals surface area (Å²) in [6, 6.07) is 11.8. The van der Waals surface area contributed by atoms with E-state index in [4.69, 9.17) is 11.6 Å². The Bertz CT molecular complexity index is 631. The molecule has 88 valence electrons. The van der Waals surface area contributed by atoms with Crippen LogP contribution in [0.15, 0.2) is 42.5 Å². The molecule has 0 bridgehead atoms. The van der Waals surface area contributed by atoms with Crippen LogP contribution >= 0.6 is 11.6 Å². The standard InChI is InChI=1S/C14H8ClNO2/c15-11-7-3-6-10(16-11)12-13(17)8-4-1-2-5-9(8)14(12)18/h1-7,12H. The van der Waals surface area contributed by atoms with Crippen LogP contribution in [0, 0.1) is 0 Å². The number of carbonyl (C=O) groups is 2. The normalized spacial score (nSPS) is 14.9. The molecular weight excluding hydrogens is 250 g/mol. The average molecular weight is 258 g/mol. The quantitative estimate of drug-likeness (QED) is 0.583. The molecule has 2 aromatic rings. The lowest BCUT2D eigenvalue weighted by Gasteiger charge is -2.05. The lowest BCUT2D eigenvalue weighted by molar-refractivity contribution is 0.0888. The van der Waals surface area contributed by atoms with Crippen LogP contribution in [0.1, 0.15) is 32.3 Å². The molecule has 18 heavy (non-hydrogen) atoms. The van der Waals surface area contributed by atoms with E-state index in [2.05, 4.69) is 4.98 Å². The monoisotopic (exact) mass is 257 g/mol. The Morgan fingerprint density at radius 1 is 0.889 bits per heavy atom. The van der Waals surface area contributed by atoms with E-state index in [1.54, 1.807) is 42.5 Å². The highest BCUT2D eigenvalue weighted by Gasteiger charge is 2.40. The van der Waals surface area contributed by atoms with Crippen molar-refractivity contribution in [2.24, 2.45) is 0 Å². The summed E-state index contributed by atoms with van der Waals surface area (Å²) in [5.41, 5.74) is 1.34. The Hall–Kier alpha value is -2.00. The number of Topliss-reactive ketones (excluding diaryl/α,β-unsaturated/α-hetero) is 2. The smallest absolute Gasteiger partial charge is 0.180 e. The molecule has 1 aromatic heterocycles. The number of pyridine rings is 1. The Morgan fingerprint density at radius 3 is 2.06 bits per heavy atom. The van der Waals surface area contributed by atoms with Gasteiger partial charge in [0.1, 0.15) is 11.1 Å². The van der Waals surface area contributed by atoms with Crippen molar-refractivity contribution in [3.63, 3.8) is 0 Å². The number of nitrogens with zero attached hydrogens (tertiary/aromatic N) is 1. The molecule has 1 aliphatic carbocycles. The number of hydrogen-bond donors (Lipinski definition) is 0. The second kappa shape index (κ2) is 4.03. The van der Waals surface area contributed by atoms with Gasteiger partial charge in [-0.25, -0.2) is 4.98 Å². The van der Waals surface area contributed by atoms with Gasteiger partial charge in [-0.2, -0.15) is 0 Å². The molecule has 0 fully saturated rings. The molecular formula is C14H8ClNO2. The van der Waals surface area contributed by atoms with E-state index in [0.717, 1.165) is 0 Å². The highest BCUT2D eigenvalue weighted by Crippen LogP contribution is 2.33. The maximum absolute atomic E-state index is 12.2. The number of rotatable bonds is 1. The zero-order valence-corrected chi connectivity index (χ0v) is 10.0. The number of fused-ring (bicyclic) bond motifs is 1. The van der Waals surface area contributed by atoms with Gasteiger partial charge in [-0.3, -0.25) is 9.59 Å². The first-order chi connectivity index (χ1) is 8.68. The second-order valence-corrected chi connectivity index (χ2v) is 4.48. The molecule has 3 rings (SSSR count). The highest BCUT2D eigenvalue weighted by molar-refractivity contribution is 6.30. The van der Waals surface area contributed by atoms with E-state index in [9.17, 15) is 9.59 Å². The predicted molar refractivity (Wildman–Crippen MR) is 67.1 cm³/mol. The molecule has 0 unspecified atom stereocenters. The molecule has 0 radical (unpaired) electrons. The first kappa shape index (κ1) is 11.1. The summed E-state index contributed by atoms with van der Waals surface area (Å²) in [5.74, 6) is -1.25. The molecule has 0 amide bonds. The second-order valence-electron chi connectivity index (χ2n) is 4.09. The number of carbonyl (C=O) groups excluding carboxylic acids is 2. The third kappa shape index (κ3) is 1.56. The molecule has 1 aliphatic rings. The van der Waals surface area contributed by atoms with Crippen molar-refractivity contribution in [1.29, 1.82) is 0 Å². The van der Waals surface area contributed by atoms with E-state index >= 15 is 0 Å². The van der Waals surface area contributed by atoms with Gasteiger partial charge in [-0.1, -0.05) is 41.9 Å². The lowest BCUT2D eigenvalue weighted by atomic mass is 9.99. The summed E-state index contributed by atoms with van der Waals surface area (Å²) >= 11 is 5.80. The Labute approximate surface area is 108 Å². The lowest BCUT2D eigenvalue weighted by Crippen LogP contribution is -2.14. The topological polar surface area (TPSA) is 47.0 Å². The maximum atomic E-state index is 12.2. The van der Waals surface area contributed by atoms with Crippen LogP contribution < -0.4 is 0 Å². The molecule has 1 aromatic carbocycles. The predicted octanol–water partition coefficient (Wildman–Crippen LogP) is 2.90. The van der Waals surface area contributed by atoms with E-state index in [1.807, 2.05) is 0 Å². The number of aromatic nitrogens is 1. The largest absolute Gasteiger partial charge is 0.293 e. The van der Waals surface area contributed by atoms with Crippen molar-refractivity contribution < 1.29 is 9.59 Å². The van der Waals surface area contributed by atoms with Crippen LogP contribution in [0.4, 0.5) is 0 Å². The van der Waals surface area contributed by atoms with Crippen molar-refractivity contribution in [1.82, 2.24) is 4.98 Å². The molecule has 0 saturated carbocycles. The van der Waals surface area contributed by atoms with Gasteiger partial charge in [0.05, 0.1) is 5.69 Å². The maximum Gasteiger partial charge on any atom is 0.180 e. The highest BCUT2D eigenvalue weighted by atomic mass is 35.5. The summed E-state index contributed by atoms with van der Waals surface area (Å²) in [6.07, 6.45) is 0. The summed E-state index contributed by atoms with van der Waals surface area (Å²) in [7, 11) is 0. The third-order valence-corrected chi connectivity index (χ3v) is 3.23. The van der Waals surface area contributed by atoms with Crippen LogP contribution in [-0.2, 0) is 0 Å². The minimum atomic E-state index is -0.846. The van der Waals surface area contributed by atoms with Crippen LogP contribution in [0.5, 0.6) is 0 Å². The van der Waals surface area contributed by atoms with Crippen molar-refractivity contribution in [2.45, 2.75) is 5.92 Å². The third-order valence-electron chi connectivity index (χ3n) is 3.01. The van der Waals surface area contributed by atoms with Gasteiger partial charge in [0.15, 0.2) is 11.6 Å². The SMILES string of the molecule is O=C1c2ccccc2C(=O)C1c1cccc(Cl)n1.